The van der Waals surface area contributed by atoms with Gasteiger partial charge in [0.1, 0.15) is 0 Å². The van der Waals surface area contributed by atoms with E-state index in [0.29, 0.717) is 11.6 Å². The molecule has 1 rings (SSSR count). The first-order chi connectivity index (χ1) is 6.24. The van der Waals surface area contributed by atoms with Gasteiger partial charge in [0.05, 0.1) is 6.61 Å². The van der Waals surface area contributed by atoms with Crippen LogP contribution in [0, 0.1) is 3.01 Å². The highest BCUT2D eigenvalue weighted by Gasteiger charge is 2.12. The van der Waals surface area contributed by atoms with Crippen molar-refractivity contribution in [3.8, 4) is 0 Å². The van der Waals surface area contributed by atoms with E-state index < -0.39 is 0 Å². The van der Waals surface area contributed by atoms with E-state index >= 15 is 0 Å². The second-order valence-corrected chi connectivity index (χ2v) is 5.08. The largest absolute Gasteiger partial charge is 0.460 e. The van der Waals surface area contributed by atoms with Gasteiger partial charge in [-0.1, -0.05) is 24.7 Å². The first-order valence-corrected chi connectivity index (χ1v) is 5.79. The van der Waals surface area contributed by atoms with Crippen LogP contribution in [-0.4, -0.2) is 22.8 Å². The maximum Gasteiger partial charge on any atom is 0.369 e. The fourth-order valence-electron chi connectivity index (χ4n) is 0.659. The van der Waals surface area contributed by atoms with Crippen LogP contribution in [0.5, 0.6) is 0 Å². The monoisotopic (exact) mass is 312 g/mol. The van der Waals surface area contributed by atoms with Crippen LogP contribution in [0.2, 0.25) is 0 Å². The Morgan fingerprint density at radius 1 is 1.62 bits per heavy atom. The maximum absolute atomic E-state index is 11.2. The van der Waals surface area contributed by atoms with Crippen molar-refractivity contribution in [2.24, 2.45) is 0 Å². The van der Waals surface area contributed by atoms with Crippen LogP contribution in [0.15, 0.2) is 0 Å². The zero-order valence-corrected chi connectivity index (χ0v) is 10.1. The molecule has 0 spiro atoms. The fourth-order valence-corrected chi connectivity index (χ4v) is 1.86. The number of carbonyl (C=O) groups is 1. The molecule has 0 saturated carbocycles. The smallest absolute Gasteiger partial charge is 0.369 e. The average molecular weight is 312 g/mol. The summed E-state index contributed by atoms with van der Waals surface area (Å²) in [6.07, 6.45) is 1.91. The lowest BCUT2D eigenvalue weighted by Crippen LogP contribution is -2.05. The van der Waals surface area contributed by atoms with Gasteiger partial charge in [-0.15, -0.1) is 10.2 Å². The Bertz CT molecular complexity index is 290. The van der Waals surface area contributed by atoms with E-state index in [4.69, 9.17) is 4.74 Å². The molecule has 13 heavy (non-hydrogen) atoms. The van der Waals surface area contributed by atoms with Crippen molar-refractivity contribution in [2.75, 3.05) is 6.61 Å². The van der Waals surface area contributed by atoms with Gasteiger partial charge in [0.15, 0.2) is 3.01 Å². The van der Waals surface area contributed by atoms with Gasteiger partial charge < -0.3 is 4.74 Å². The molecule has 0 N–H and O–H groups in total. The SMILES string of the molecule is CCCCOC(=O)c1nnc(I)s1. The minimum atomic E-state index is -0.367. The van der Waals surface area contributed by atoms with E-state index in [9.17, 15) is 4.79 Å². The van der Waals surface area contributed by atoms with E-state index in [2.05, 4.69) is 10.2 Å². The number of nitrogens with zero attached hydrogens (tertiary/aromatic N) is 2. The topological polar surface area (TPSA) is 52.1 Å². The third kappa shape index (κ3) is 3.55. The van der Waals surface area contributed by atoms with Gasteiger partial charge in [-0.3, -0.25) is 0 Å². The Hall–Kier alpha value is -0.240. The quantitative estimate of drug-likeness (QED) is 0.485. The number of hydrogen-bond donors (Lipinski definition) is 0. The zero-order chi connectivity index (χ0) is 9.68. The van der Waals surface area contributed by atoms with Crippen LogP contribution in [0.3, 0.4) is 0 Å². The number of unbranched alkanes of at least 4 members (excludes halogenated alkanes) is 1. The van der Waals surface area contributed by atoms with Gasteiger partial charge in [-0.05, 0) is 29.0 Å². The van der Waals surface area contributed by atoms with E-state index in [0.717, 1.165) is 15.9 Å². The molecule has 1 heterocycles. The van der Waals surface area contributed by atoms with E-state index in [-0.39, 0.29) is 5.97 Å². The Kier molecular flexibility index (Phi) is 4.57. The van der Waals surface area contributed by atoms with Crippen LogP contribution in [-0.2, 0) is 4.74 Å². The summed E-state index contributed by atoms with van der Waals surface area (Å²) in [4.78, 5) is 11.2. The molecule has 0 unspecified atom stereocenters. The Morgan fingerprint density at radius 2 is 2.38 bits per heavy atom. The van der Waals surface area contributed by atoms with Crippen LogP contribution >= 0.6 is 33.9 Å². The van der Waals surface area contributed by atoms with Crippen molar-refractivity contribution in [3.05, 3.63) is 8.02 Å². The molecule has 0 atom stereocenters. The van der Waals surface area contributed by atoms with Crippen molar-refractivity contribution in [1.29, 1.82) is 0 Å². The third-order valence-electron chi connectivity index (χ3n) is 1.31. The second kappa shape index (κ2) is 5.48. The summed E-state index contributed by atoms with van der Waals surface area (Å²) < 4.78 is 5.70. The molecule has 0 aliphatic rings. The summed E-state index contributed by atoms with van der Waals surface area (Å²) in [7, 11) is 0. The minimum Gasteiger partial charge on any atom is -0.460 e. The van der Waals surface area contributed by atoms with Crippen molar-refractivity contribution >= 4 is 39.9 Å². The van der Waals surface area contributed by atoms with Gasteiger partial charge in [0.2, 0.25) is 5.01 Å². The first kappa shape index (κ1) is 10.8. The van der Waals surface area contributed by atoms with E-state index in [1.165, 1.54) is 11.3 Å². The van der Waals surface area contributed by atoms with Crippen LogP contribution in [0.1, 0.15) is 29.6 Å². The molecule has 4 nitrogen and oxygen atoms in total. The van der Waals surface area contributed by atoms with Crippen molar-refractivity contribution in [2.45, 2.75) is 19.8 Å². The molecular formula is C7H9IN2O2S. The van der Waals surface area contributed by atoms with Gasteiger partial charge >= 0.3 is 5.97 Å². The Labute approximate surface area is 93.8 Å². The molecule has 0 aromatic carbocycles. The van der Waals surface area contributed by atoms with Crippen LogP contribution < -0.4 is 0 Å². The number of ether oxygens (including phenoxy) is 1. The first-order valence-electron chi connectivity index (χ1n) is 3.90. The summed E-state index contributed by atoms with van der Waals surface area (Å²) in [6, 6.07) is 0. The second-order valence-electron chi connectivity index (χ2n) is 2.35. The van der Waals surface area contributed by atoms with Crippen LogP contribution in [0.4, 0.5) is 0 Å². The molecule has 0 saturated heterocycles. The summed E-state index contributed by atoms with van der Waals surface area (Å²) >= 11 is 3.26. The molecule has 6 heteroatoms. The molecule has 1 aromatic heterocycles. The normalized spacial score (nSPS) is 10.0. The highest BCUT2D eigenvalue weighted by Crippen LogP contribution is 2.12. The predicted octanol–water partition coefficient (Wildman–Crippen LogP) is 2.10. The molecule has 0 aliphatic heterocycles. The van der Waals surface area contributed by atoms with E-state index in [1.807, 2.05) is 29.5 Å². The summed E-state index contributed by atoms with van der Waals surface area (Å²) in [6.45, 7) is 2.51. The van der Waals surface area contributed by atoms with Gasteiger partial charge in [-0.25, -0.2) is 4.79 Å². The third-order valence-corrected chi connectivity index (χ3v) is 2.87. The molecule has 72 valence electrons. The molecule has 1 aromatic rings. The lowest BCUT2D eigenvalue weighted by Gasteiger charge is -1.98. The van der Waals surface area contributed by atoms with Gasteiger partial charge in [0.25, 0.3) is 0 Å². The van der Waals surface area contributed by atoms with Crippen LogP contribution in [0.25, 0.3) is 0 Å². The average Bonchev–Trinajstić information content (AvgIpc) is 2.52. The molecule has 0 fully saturated rings. The Balaban J connectivity index is 2.40. The van der Waals surface area contributed by atoms with Crippen molar-refractivity contribution in [3.63, 3.8) is 0 Å². The minimum absolute atomic E-state index is 0.334. The number of halogens is 1. The van der Waals surface area contributed by atoms with Crippen molar-refractivity contribution < 1.29 is 9.53 Å². The van der Waals surface area contributed by atoms with Crippen molar-refractivity contribution in [1.82, 2.24) is 10.2 Å². The highest BCUT2D eigenvalue weighted by molar-refractivity contribution is 14.1. The molecule has 0 radical (unpaired) electrons. The number of aromatic nitrogens is 2. The lowest BCUT2D eigenvalue weighted by molar-refractivity contribution is 0.0498. The zero-order valence-electron chi connectivity index (χ0n) is 7.12. The number of esters is 1. The number of carbonyl (C=O) groups excluding carboxylic acids is 1. The lowest BCUT2D eigenvalue weighted by atomic mass is 10.4. The molecule has 0 aliphatic carbocycles. The maximum atomic E-state index is 11.2. The number of rotatable bonds is 4. The van der Waals surface area contributed by atoms with Gasteiger partial charge in [-0.2, -0.15) is 0 Å². The standard InChI is InChI=1S/C7H9IN2O2S/c1-2-3-4-12-6(11)5-9-10-7(8)13-5/h2-4H2,1H3. The Morgan fingerprint density at radius 3 is 2.92 bits per heavy atom. The summed E-state index contributed by atoms with van der Waals surface area (Å²) in [5.41, 5.74) is 0. The van der Waals surface area contributed by atoms with E-state index in [1.54, 1.807) is 0 Å². The molecule has 0 bridgehead atoms. The summed E-state index contributed by atoms with van der Waals surface area (Å²) in [5.74, 6) is -0.367. The molecular weight excluding hydrogens is 303 g/mol. The fraction of sp³-hybridized carbons (Fsp3) is 0.571. The predicted molar refractivity (Wildman–Crippen MR) is 57.8 cm³/mol. The van der Waals surface area contributed by atoms with Gasteiger partial charge in [0, 0.05) is 0 Å². The molecule has 0 amide bonds. The number of hydrogen-bond acceptors (Lipinski definition) is 5. The highest BCUT2D eigenvalue weighted by atomic mass is 127. The summed E-state index contributed by atoms with van der Waals surface area (Å²) in [5, 5.41) is 7.73.